The number of nitrogens with one attached hydrogen (secondary N) is 1. The Hall–Kier alpha value is -1.68. The van der Waals surface area contributed by atoms with Crippen molar-refractivity contribution in [1.82, 2.24) is 4.31 Å². The summed E-state index contributed by atoms with van der Waals surface area (Å²) in [7, 11) is -3.69. The van der Waals surface area contributed by atoms with Crippen molar-refractivity contribution in [2.24, 2.45) is 0 Å². The van der Waals surface area contributed by atoms with E-state index in [4.69, 9.17) is 16.3 Å². The molecule has 1 amide bonds. The van der Waals surface area contributed by atoms with Crippen LogP contribution in [-0.2, 0) is 14.8 Å². The molecule has 0 saturated heterocycles. The minimum absolute atomic E-state index is 0.0260. The van der Waals surface area contributed by atoms with Crippen LogP contribution in [0, 0.1) is 5.82 Å². The second-order valence-corrected chi connectivity index (χ2v) is 8.84. The Bertz CT molecular complexity index is 968. The molecule has 0 atom stereocenters. The standard InChI is InChI=1S/C18H19BrClFN2O4S/c1-3-23(4-2)28(25,26)13-6-7-15(20)16(10-13)22-18(24)11-27-17-8-5-12(21)9-14(17)19/h5-10H,3-4,11H2,1-2H3,(H,22,24). The predicted octanol–water partition coefficient (Wildman–Crippen LogP) is 4.29. The fourth-order valence-corrected chi connectivity index (χ4v) is 4.51. The molecule has 0 bridgehead atoms. The molecule has 0 aliphatic carbocycles. The molecule has 0 radical (unpaired) electrons. The van der Waals surface area contributed by atoms with Crippen molar-refractivity contribution < 1.29 is 22.3 Å². The van der Waals surface area contributed by atoms with Crippen molar-refractivity contribution in [2.45, 2.75) is 18.7 Å². The lowest BCUT2D eigenvalue weighted by Crippen LogP contribution is -2.30. The molecule has 1 N–H and O–H groups in total. The van der Waals surface area contributed by atoms with Gasteiger partial charge in [-0.1, -0.05) is 25.4 Å². The molecule has 0 aromatic heterocycles. The zero-order valence-corrected chi connectivity index (χ0v) is 18.4. The average Bonchev–Trinajstić information content (AvgIpc) is 2.63. The summed E-state index contributed by atoms with van der Waals surface area (Å²) in [6.45, 7) is 3.76. The summed E-state index contributed by atoms with van der Waals surface area (Å²) < 4.78 is 45.4. The van der Waals surface area contributed by atoms with Crippen LogP contribution in [0.3, 0.4) is 0 Å². The van der Waals surface area contributed by atoms with E-state index in [9.17, 15) is 17.6 Å². The number of nitrogens with zero attached hydrogens (tertiary/aromatic N) is 1. The summed E-state index contributed by atoms with van der Waals surface area (Å²) >= 11 is 9.23. The molecule has 28 heavy (non-hydrogen) atoms. The first kappa shape index (κ1) is 22.6. The monoisotopic (exact) mass is 492 g/mol. The van der Waals surface area contributed by atoms with E-state index in [1.165, 1.54) is 40.7 Å². The number of ether oxygens (including phenoxy) is 1. The van der Waals surface area contributed by atoms with Gasteiger partial charge in [-0.05, 0) is 52.3 Å². The molecule has 0 heterocycles. The van der Waals surface area contributed by atoms with Gasteiger partial charge in [-0.15, -0.1) is 0 Å². The lowest BCUT2D eigenvalue weighted by Gasteiger charge is -2.19. The van der Waals surface area contributed by atoms with Crippen LogP contribution < -0.4 is 10.1 Å². The molecule has 0 unspecified atom stereocenters. The molecule has 2 aromatic rings. The van der Waals surface area contributed by atoms with Crippen LogP contribution in [0.25, 0.3) is 0 Å². The van der Waals surface area contributed by atoms with Crippen LogP contribution in [0.2, 0.25) is 5.02 Å². The highest BCUT2D eigenvalue weighted by molar-refractivity contribution is 9.10. The summed E-state index contributed by atoms with van der Waals surface area (Å²) in [5, 5.41) is 2.72. The predicted molar refractivity (Wildman–Crippen MR) is 110 cm³/mol. The molecular formula is C18H19BrClFN2O4S. The van der Waals surface area contributed by atoms with E-state index in [1.807, 2.05) is 0 Å². The van der Waals surface area contributed by atoms with E-state index in [-0.39, 0.29) is 22.2 Å². The lowest BCUT2D eigenvalue weighted by atomic mass is 10.3. The highest BCUT2D eigenvalue weighted by Crippen LogP contribution is 2.28. The van der Waals surface area contributed by atoms with Gasteiger partial charge in [-0.25, -0.2) is 12.8 Å². The normalized spacial score (nSPS) is 11.5. The third-order valence-corrected chi connectivity index (χ3v) is 6.80. The van der Waals surface area contributed by atoms with Crippen LogP contribution in [0.4, 0.5) is 10.1 Å². The van der Waals surface area contributed by atoms with Gasteiger partial charge in [0.05, 0.1) is 20.1 Å². The largest absolute Gasteiger partial charge is 0.483 e. The number of carbonyl (C=O) groups is 1. The van der Waals surface area contributed by atoms with Gasteiger partial charge < -0.3 is 10.1 Å². The molecule has 0 aliphatic heterocycles. The number of hydrogen-bond donors (Lipinski definition) is 1. The molecule has 2 rings (SSSR count). The average molecular weight is 494 g/mol. The minimum atomic E-state index is -3.69. The van der Waals surface area contributed by atoms with Crippen molar-refractivity contribution in [3.8, 4) is 5.75 Å². The maximum absolute atomic E-state index is 13.1. The molecule has 2 aromatic carbocycles. The Kier molecular flexibility index (Phi) is 7.82. The van der Waals surface area contributed by atoms with Crippen LogP contribution in [0.1, 0.15) is 13.8 Å². The first-order valence-electron chi connectivity index (χ1n) is 8.36. The highest BCUT2D eigenvalue weighted by atomic mass is 79.9. The summed E-state index contributed by atoms with van der Waals surface area (Å²) in [6.07, 6.45) is 0. The molecule has 0 saturated carbocycles. The Balaban J connectivity index is 2.14. The number of benzene rings is 2. The fraction of sp³-hybridized carbons (Fsp3) is 0.278. The summed E-state index contributed by atoms with van der Waals surface area (Å²) in [6, 6.07) is 7.91. The molecule has 10 heteroatoms. The Morgan fingerprint density at radius 2 is 1.89 bits per heavy atom. The van der Waals surface area contributed by atoms with Crippen molar-refractivity contribution in [3.05, 3.63) is 51.7 Å². The smallest absolute Gasteiger partial charge is 0.262 e. The first-order valence-corrected chi connectivity index (χ1v) is 11.0. The zero-order valence-electron chi connectivity index (χ0n) is 15.2. The van der Waals surface area contributed by atoms with E-state index in [0.717, 1.165) is 0 Å². The van der Waals surface area contributed by atoms with Crippen molar-refractivity contribution in [3.63, 3.8) is 0 Å². The van der Waals surface area contributed by atoms with E-state index in [1.54, 1.807) is 13.8 Å². The summed E-state index contributed by atoms with van der Waals surface area (Å²) in [5.74, 6) is -0.697. The summed E-state index contributed by atoms with van der Waals surface area (Å²) in [5.41, 5.74) is 0.154. The van der Waals surface area contributed by atoms with Crippen molar-refractivity contribution in [1.29, 1.82) is 0 Å². The van der Waals surface area contributed by atoms with Gasteiger partial charge >= 0.3 is 0 Å². The minimum Gasteiger partial charge on any atom is -0.483 e. The Morgan fingerprint density at radius 1 is 1.21 bits per heavy atom. The molecular weight excluding hydrogens is 475 g/mol. The summed E-state index contributed by atoms with van der Waals surface area (Å²) in [4.78, 5) is 12.2. The number of rotatable bonds is 8. The molecule has 0 aliphatic rings. The molecule has 6 nitrogen and oxygen atoms in total. The number of carbonyl (C=O) groups excluding carboxylic acids is 1. The number of halogens is 3. The van der Waals surface area contributed by atoms with E-state index < -0.39 is 21.7 Å². The van der Waals surface area contributed by atoms with Crippen LogP contribution in [0.5, 0.6) is 5.75 Å². The van der Waals surface area contributed by atoms with E-state index in [0.29, 0.717) is 23.3 Å². The maximum atomic E-state index is 13.1. The maximum Gasteiger partial charge on any atom is 0.262 e. The van der Waals surface area contributed by atoms with Gasteiger partial charge in [0.2, 0.25) is 10.0 Å². The highest BCUT2D eigenvalue weighted by Gasteiger charge is 2.23. The second kappa shape index (κ2) is 9.69. The fourth-order valence-electron chi connectivity index (χ4n) is 2.40. The van der Waals surface area contributed by atoms with Gasteiger partial charge in [0, 0.05) is 13.1 Å². The third-order valence-electron chi connectivity index (χ3n) is 3.81. The number of anilines is 1. The SMILES string of the molecule is CCN(CC)S(=O)(=O)c1ccc(Cl)c(NC(=O)COc2ccc(F)cc2Br)c1. The van der Waals surface area contributed by atoms with Crippen LogP contribution >= 0.6 is 27.5 Å². The van der Waals surface area contributed by atoms with Gasteiger partial charge in [0.1, 0.15) is 11.6 Å². The molecule has 152 valence electrons. The van der Waals surface area contributed by atoms with Crippen LogP contribution in [-0.4, -0.2) is 38.3 Å². The van der Waals surface area contributed by atoms with E-state index >= 15 is 0 Å². The third kappa shape index (κ3) is 5.44. The lowest BCUT2D eigenvalue weighted by molar-refractivity contribution is -0.118. The quantitative estimate of drug-likeness (QED) is 0.595. The first-order chi connectivity index (χ1) is 13.2. The van der Waals surface area contributed by atoms with Gasteiger partial charge in [0.25, 0.3) is 5.91 Å². The Morgan fingerprint density at radius 3 is 2.50 bits per heavy atom. The molecule has 0 fully saturated rings. The van der Waals surface area contributed by atoms with Gasteiger partial charge in [0.15, 0.2) is 6.61 Å². The van der Waals surface area contributed by atoms with Crippen molar-refractivity contribution >= 4 is 49.1 Å². The second-order valence-electron chi connectivity index (χ2n) is 5.64. The van der Waals surface area contributed by atoms with Gasteiger partial charge in [-0.3, -0.25) is 4.79 Å². The van der Waals surface area contributed by atoms with Crippen molar-refractivity contribution in [2.75, 3.05) is 25.0 Å². The van der Waals surface area contributed by atoms with E-state index in [2.05, 4.69) is 21.2 Å². The van der Waals surface area contributed by atoms with Crippen LogP contribution in [0.15, 0.2) is 45.8 Å². The topological polar surface area (TPSA) is 75.7 Å². The Labute approximate surface area is 176 Å². The molecule has 0 spiro atoms. The number of amides is 1. The number of hydrogen-bond acceptors (Lipinski definition) is 4. The number of sulfonamides is 1. The zero-order chi connectivity index (χ0) is 20.9. The van der Waals surface area contributed by atoms with Gasteiger partial charge in [-0.2, -0.15) is 4.31 Å².